The quantitative estimate of drug-likeness (QED) is 0.0544. The lowest BCUT2D eigenvalue weighted by atomic mass is 10.0. The Morgan fingerprint density at radius 1 is 0.308 bits per heavy atom. The number of hydrogen-bond acceptors (Lipinski definition) is 30. The maximum atomic E-state index is 12.5. The molecule has 15 heterocycles. The van der Waals surface area contributed by atoms with E-state index in [1.54, 1.807) is 19.0 Å². The Bertz CT molecular complexity index is 3340. The van der Waals surface area contributed by atoms with Gasteiger partial charge in [-0.15, -0.1) is 0 Å². The van der Waals surface area contributed by atoms with Crippen LogP contribution in [0.4, 0.5) is 0 Å². The summed E-state index contributed by atoms with van der Waals surface area (Å²) in [5.41, 5.74) is 0. The zero-order valence-electron chi connectivity index (χ0n) is 82.5. The van der Waals surface area contributed by atoms with Gasteiger partial charge in [0.1, 0.15) is 42.9 Å². The number of nitrogens with zero attached hydrogens (tertiary/aromatic N) is 17. The van der Waals surface area contributed by atoms with E-state index < -0.39 is 0 Å². The highest BCUT2D eigenvalue weighted by Gasteiger charge is 2.44. The molecular weight excluding hydrogens is 1660 g/mol. The number of morpholine rings is 1. The van der Waals surface area contributed by atoms with Crippen molar-refractivity contribution >= 4 is 53.5 Å². The van der Waals surface area contributed by atoms with Crippen LogP contribution >= 0.6 is 0 Å². The van der Waals surface area contributed by atoms with Crippen molar-refractivity contribution in [1.82, 2.24) is 83.3 Å². The van der Waals surface area contributed by atoms with Crippen LogP contribution in [-0.4, -0.2) is 503 Å². The van der Waals surface area contributed by atoms with Gasteiger partial charge in [-0.2, -0.15) is 0 Å². The molecule has 15 rings (SSSR count). The first kappa shape index (κ1) is 107. The molecule has 15 fully saturated rings. The topological polar surface area (TPSA) is 273 Å². The average molecular weight is 1840 g/mol. The number of amides is 3. The van der Waals surface area contributed by atoms with E-state index in [0.29, 0.717) is 82.1 Å². The molecule has 15 aliphatic heterocycles. The van der Waals surface area contributed by atoms with Gasteiger partial charge in [0.25, 0.3) is 5.91 Å². The summed E-state index contributed by atoms with van der Waals surface area (Å²) in [6.45, 7) is 30.0. The molecule has 0 aromatic carbocycles. The Morgan fingerprint density at radius 3 is 0.900 bits per heavy atom. The first-order valence-electron chi connectivity index (χ1n) is 51.1. The van der Waals surface area contributed by atoms with E-state index in [1.807, 2.05) is 19.0 Å². The van der Waals surface area contributed by atoms with Crippen LogP contribution in [0, 0.1) is 0 Å². The maximum absolute atomic E-state index is 12.5. The third-order valence-corrected chi connectivity index (χ3v) is 30.4. The van der Waals surface area contributed by atoms with E-state index in [2.05, 4.69) is 111 Å². The van der Waals surface area contributed by atoms with Crippen molar-refractivity contribution in [3.63, 3.8) is 0 Å². The van der Waals surface area contributed by atoms with E-state index in [-0.39, 0.29) is 96.4 Å². The molecule has 0 bridgehead atoms. The number of likely N-dealkylation sites (tertiary alicyclic amines) is 14. The van der Waals surface area contributed by atoms with E-state index in [9.17, 15) is 43.2 Å². The number of likely N-dealkylation sites (N-methyl/N-ethyl adjacent to an activating group) is 1. The molecule has 0 saturated carbocycles. The van der Waals surface area contributed by atoms with Crippen LogP contribution in [0.25, 0.3) is 0 Å². The number of rotatable bonds is 29. The molecule has 0 spiro atoms. The van der Waals surface area contributed by atoms with Gasteiger partial charge in [0, 0.05) is 109 Å². The molecule has 33 heteroatoms. The van der Waals surface area contributed by atoms with E-state index in [1.165, 1.54) is 50.5 Å². The molecule has 0 aromatic heterocycles. The summed E-state index contributed by atoms with van der Waals surface area (Å²) in [5.74, 6) is -0.144. The fourth-order valence-corrected chi connectivity index (χ4v) is 22.3. The van der Waals surface area contributed by atoms with Crippen molar-refractivity contribution in [2.45, 2.75) is 278 Å². The normalized spacial score (nSPS) is 27.1. The molecular formula is C97H175N17O16. The Morgan fingerprint density at radius 2 is 0.592 bits per heavy atom. The number of ether oxygens (including phenoxy) is 7. The van der Waals surface area contributed by atoms with Crippen LogP contribution in [0.5, 0.6) is 0 Å². The van der Waals surface area contributed by atoms with Crippen molar-refractivity contribution in [3.05, 3.63) is 0 Å². The van der Waals surface area contributed by atoms with Crippen LogP contribution in [0.2, 0.25) is 0 Å². The van der Waals surface area contributed by atoms with Crippen LogP contribution in [-0.2, 0) is 76.3 Å². The van der Waals surface area contributed by atoms with Gasteiger partial charge >= 0.3 is 35.8 Å². The van der Waals surface area contributed by atoms with Crippen molar-refractivity contribution in [1.29, 1.82) is 0 Å². The minimum atomic E-state index is -0.235. The van der Waals surface area contributed by atoms with Gasteiger partial charge < -0.3 is 82.2 Å². The van der Waals surface area contributed by atoms with Gasteiger partial charge in [-0.05, 0) is 367 Å². The SMILES string of the molecule is CN(C)CCCOC(=O)C1CCCN1C1CCN(C)CC1.CN1CCC(N2CCCC2C(=O)OCC(=O)N(C)C)CC1.CN1CCC(N2CCCC2C(=O)OCCCN2CCCCC2=O)CC1.CN1CCC(N2CCCC2C(=O)OCCCN2CCOCC2)CC1.CN1CCC(N2CCCC2C(=O)OCCN2CCCC2=O)CC1.COC(=O)C1CCCN1C1CCN(C)CC1. The molecule has 0 N–H and O–H groups in total. The second-order valence-electron chi connectivity index (χ2n) is 40.3. The molecule has 6 unspecified atom stereocenters. The Kier molecular flexibility index (Phi) is 46.8. The third kappa shape index (κ3) is 34.4. The predicted molar refractivity (Wildman–Crippen MR) is 503 cm³/mol. The Hall–Kier alpha value is -5.37. The van der Waals surface area contributed by atoms with E-state index in [4.69, 9.17) is 33.2 Å². The molecule has 0 radical (unpaired) electrons. The summed E-state index contributed by atoms with van der Waals surface area (Å²) < 4.78 is 37.6. The van der Waals surface area contributed by atoms with Gasteiger partial charge in [-0.1, -0.05) is 0 Å². The molecule has 6 atom stereocenters. The summed E-state index contributed by atoms with van der Waals surface area (Å²) in [4.78, 5) is 147. The van der Waals surface area contributed by atoms with Crippen LogP contribution < -0.4 is 0 Å². The highest BCUT2D eigenvalue weighted by molar-refractivity contribution is 5.83. The molecule has 33 nitrogen and oxygen atoms in total. The smallest absolute Gasteiger partial charge is 0.323 e. The largest absolute Gasteiger partial charge is 0.468 e. The van der Waals surface area contributed by atoms with Crippen molar-refractivity contribution < 1.29 is 76.3 Å². The lowest BCUT2D eigenvalue weighted by molar-refractivity contribution is -0.156. The number of esters is 6. The summed E-state index contributed by atoms with van der Waals surface area (Å²) in [6, 6.07) is 3.01. The number of methoxy groups -OCH3 is 1. The highest BCUT2D eigenvalue weighted by Crippen LogP contribution is 2.34. The molecule has 0 aromatic rings. The second-order valence-corrected chi connectivity index (χ2v) is 40.3. The minimum Gasteiger partial charge on any atom is -0.468 e. The molecule has 3 amide bonds. The number of carbonyl (C=O) groups excluding carboxylic acids is 9. The first-order valence-corrected chi connectivity index (χ1v) is 51.1. The zero-order valence-corrected chi connectivity index (χ0v) is 82.5. The zero-order chi connectivity index (χ0) is 92.9. The van der Waals surface area contributed by atoms with Gasteiger partial charge in [0.2, 0.25) is 11.8 Å². The molecule has 15 aliphatic rings. The average Bonchev–Trinajstić information content (AvgIpc) is 1.63. The van der Waals surface area contributed by atoms with Crippen molar-refractivity contribution in [2.24, 2.45) is 0 Å². The summed E-state index contributed by atoms with van der Waals surface area (Å²) in [7, 11) is 21.9. The van der Waals surface area contributed by atoms with E-state index >= 15 is 0 Å². The lowest BCUT2D eigenvalue weighted by Gasteiger charge is -2.37. The third-order valence-electron chi connectivity index (χ3n) is 30.4. The Labute approximate surface area is 781 Å². The maximum Gasteiger partial charge on any atom is 0.323 e. The van der Waals surface area contributed by atoms with Crippen molar-refractivity contribution in [2.75, 3.05) is 294 Å². The monoisotopic (exact) mass is 1830 g/mol. The van der Waals surface area contributed by atoms with Gasteiger partial charge in [0.15, 0.2) is 6.61 Å². The number of carbonyl (C=O) groups is 9. The fourth-order valence-electron chi connectivity index (χ4n) is 22.3. The van der Waals surface area contributed by atoms with E-state index in [0.717, 1.165) is 331 Å². The van der Waals surface area contributed by atoms with Crippen molar-refractivity contribution in [3.8, 4) is 0 Å². The van der Waals surface area contributed by atoms with Gasteiger partial charge in [-0.25, -0.2) is 0 Å². The summed E-state index contributed by atoms with van der Waals surface area (Å²) >= 11 is 0. The molecule has 744 valence electrons. The summed E-state index contributed by atoms with van der Waals surface area (Å²) in [5, 5.41) is 0. The van der Waals surface area contributed by atoms with Crippen LogP contribution in [0.3, 0.4) is 0 Å². The Balaban J connectivity index is 0.000000163. The first-order chi connectivity index (χ1) is 62.8. The lowest BCUT2D eigenvalue weighted by Crippen LogP contribution is -2.48. The minimum absolute atomic E-state index is 0.00166. The number of piperidine rings is 7. The molecule has 0 aliphatic carbocycles. The predicted octanol–water partition coefficient (Wildman–Crippen LogP) is 4.95. The van der Waals surface area contributed by atoms with Gasteiger partial charge in [0.05, 0.1) is 46.7 Å². The van der Waals surface area contributed by atoms with Gasteiger partial charge in [-0.3, -0.25) is 77.5 Å². The van der Waals surface area contributed by atoms with Crippen LogP contribution in [0.1, 0.15) is 205 Å². The summed E-state index contributed by atoms with van der Waals surface area (Å²) in [6.07, 6.45) is 33.0. The fraction of sp³-hybridized carbons (Fsp3) is 0.907. The van der Waals surface area contributed by atoms with Crippen LogP contribution in [0.15, 0.2) is 0 Å². The molecule has 15 saturated heterocycles. The highest BCUT2D eigenvalue weighted by atomic mass is 16.6. The number of hydrogen-bond donors (Lipinski definition) is 0. The second kappa shape index (κ2) is 57.0. The molecule has 130 heavy (non-hydrogen) atoms. The standard InChI is InChI=1S/C19H33N3O3.C18H33N3O3.C17H29N3O3.C16H31N3O2.C15H27N3O3.C12H22N2O2/c1-20-13-8-16(9-14-20)22-12-4-6-17(22)19(24)25-15-5-11-21-10-3-2-7-18(21)23;1-19-9-5-16(6-10-19)21-8-2-4-17(21)18(22)24-13-3-7-20-11-14-23-15-12-20;1-18-10-6-14(7-11-18)20-9-2-4-15(20)17(22)23-13-12-19-8-3-5-16(19)21;1-17(2)9-5-13-21-16(20)15-6-4-10-19(15)14-7-11-18(3)12-8-14;1-16(2)14(19)11-21-15(20)13-5-4-8-18(13)12-6-9-17(3)10-7-12;1-13-8-5-10(6-9-13)14-7-3-4-11(14)12(15)16-2/h16-17H,2-15H2,1H3;16-17H,2-15H2,1H3;14-15H,2-13H2,1H3;14-15H,4-13H2,1-3H3;12-13H,4-11H2,1-3H3;10-11H,3-9H2,1-2H3.